The number of rotatable bonds is 4. The number of halogens is 1. The van der Waals surface area contributed by atoms with Crippen molar-refractivity contribution in [2.24, 2.45) is 0 Å². The Labute approximate surface area is 122 Å². The summed E-state index contributed by atoms with van der Waals surface area (Å²) in [5.41, 5.74) is 1.21. The Balaban J connectivity index is 2.32. The number of pyridine rings is 1. The van der Waals surface area contributed by atoms with Crippen LogP contribution in [0.25, 0.3) is 0 Å². The molecule has 0 aliphatic carbocycles. The van der Waals surface area contributed by atoms with Crippen molar-refractivity contribution in [1.29, 1.82) is 5.26 Å². The van der Waals surface area contributed by atoms with Crippen LogP contribution in [0.15, 0.2) is 36.5 Å². The fourth-order valence-electron chi connectivity index (χ4n) is 1.75. The van der Waals surface area contributed by atoms with Crippen LogP contribution in [-0.2, 0) is 0 Å². The summed E-state index contributed by atoms with van der Waals surface area (Å²) in [4.78, 5) is 4.23. The van der Waals surface area contributed by atoms with E-state index >= 15 is 0 Å². The SMILES string of the molecule is COc1cc(C#N)cc(Cl)c1OC(C)c1ccccn1. The first-order valence-corrected chi connectivity index (χ1v) is 6.38. The van der Waals surface area contributed by atoms with Crippen LogP contribution in [0.3, 0.4) is 0 Å². The standard InChI is InChI=1S/C15H13ClN2O2/c1-10(13-5-3-4-6-18-13)20-15-12(16)7-11(9-17)8-14(15)19-2/h3-8,10H,1-2H3. The maximum atomic E-state index is 8.92. The first-order valence-electron chi connectivity index (χ1n) is 6.01. The molecule has 0 N–H and O–H groups in total. The molecule has 0 spiro atoms. The lowest BCUT2D eigenvalue weighted by atomic mass is 10.2. The zero-order chi connectivity index (χ0) is 14.5. The largest absolute Gasteiger partial charge is 0.493 e. The smallest absolute Gasteiger partial charge is 0.180 e. The van der Waals surface area contributed by atoms with Crippen LogP contribution < -0.4 is 9.47 Å². The highest BCUT2D eigenvalue weighted by Gasteiger charge is 2.16. The molecule has 0 fully saturated rings. The zero-order valence-electron chi connectivity index (χ0n) is 11.1. The van der Waals surface area contributed by atoms with E-state index in [2.05, 4.69) is 4.98 Å². The number of ether oxygens (including phenoxy) is 2. The molecule has 1 heterocycles. The predicted octanol–water partition coefficient (Wildman–Crippen LogP) is 3.76. The van der Waals surface area contributed by atoms with Crippen LogP contribution in [0, 0.1) is 11.3 Å². The molecule has 0 radical (unpaired) electrons. The molecule has 0 saturated carbocycles. The minimum Gasteiger partial charge on any atom is -0.493 e. The van der Waals surface area contributed by atoms with E-state index in [1.165, 1.54) is 7.11 Å². The maximum absolute atomic E-state index is 8.92. The summed E-state index contributed by atoms with van der Waals surface area (Å²) >= 11 is 6.15. The Hall–Kier alpha value is -2.25. The van der Waals surface area contributed by atoms with Crippen LogP contribution >= 0.6 is 11.6 Å². The van der Waals surface area contributed by atoms with Gasteiger partial charge in [0.15, 0.2) is 11.5 Å². The van der Waals surface area contributed by atoms with Crippen molar-refractivity contribution in [3.8, 4) is 17.6 Å². The molecule has 0 saturated heterocycles. The zero-order valence-corrected chi connectivity index (χ0v) is 11.9. The third kappa shape index (κ3) is 3.01. The van der Waals surface area contributed by atoms with E-state index in [-0.39, 0.29) is 6.10 Å². The van der Waals surface area contributed by atoms with Gasteiger partial charge in [-0.2, -0.15) is 5.26 Å². The maximum Gasteiger partial charge on any atom is 0.180 e. The summed E-state index contributed by atoms with van der Waals surface area (Å²) in [5.74, 6) is 0.836. The topological polar surface area (TPSA) is 55.1 Å². The summed E-state index contributed by atoms with van der Waals surface area (Å²) in [7, 11) is 1.51. The van der Waals surface area contributed by atoms with E-state index < -0.39 is 0 Å². The summed E-state index contributed by atoms with van der Waals surface area (Å²) < 4.78 is 11.0. The molecule has 102 valence electrons. The Bertz CT molecular complexity index is 638. The summed E-state index contributed by atoms with van der Waals surface area (Å²) in [6.45, 7) is 1.87. The van der Waals surface area contributed by atoms with E-state index in [9.17, 15) is 0 Å². The van der Waals surface area contributed by atoms with Gasteiger partial charge in [0.2, 0.25) is 0 Å². The van der Waals surface area contributed by atoms with Gasteiger partial charge in [0.25, 0.3) is 0 Å². The molecule has 5 heteroatoms. The minimum atomic E-state index is -0.282. The Morgan fingerprint density at radius 1 is 1.35 bits per heavy atom. The van der Waals surface area contributed by atoms with E-state index in [1.54, 1.807) is 18.3 Å². The molecule has 1 aromatic carbocycles. The average Bonchev–Trinajstić information content (AvgIpc) is 2.49. The molecular weight excluding hydrogens is 276 g/mol. The first-order chi connectivity index (χ1) is 9.65. The van der Waals surface area contributed by atoms with Gasteiger partial charge in [0, 0.05) is 12.3 Å². The fourth-order valence-corrected chi connectivity index (χ4v) is 2.01. The molecule has 4 nitrogen and oxygen atoms in total. The number of hydrogen-bond acceptors (Lipinski definition) is 4. The van der Waals surface area contributed by atoms with Gasteiger partial charge in [-0.1, -0.05) is 17.7 Å². The Kier molecular flexibility index (Phi) is 4.44. The van der Waals surface area contributed by atoms with E-state index in [0.717, 1.165) is 5.69 Å². The molecular formula is C15H13ClN2O2. The number of nitrogens with zero attached hydrogens (tertiary/aromatic N) is 2. The van der Waals surface area contributed by atoms with Crippen LogP contribution in [0.1, 0.15) is 24.3 Å². The van der Waals surface area contributed by atoms with Crippen molar-refractivity contribution < 1.29 is 9.47 Å². The third-order valence-electron chi connectivity index (χ3n) is 2.76. The van der Waals surface area contributed by atoms with E-state index in [0.29, 0.717) is 22.1 Å². The van der Waals surface area contributed by atoms with Crippen molar-refractivity contribution >= 4 is 11.6 Å². The van der Waals surface area contributed by atoms with E-state index in [4.69, 9.17) is 26.3 Å². The highest BCUT2D eigenvalue weighted by Crippen LogP contribution is 2.38. The van der Waals surface area contributed by atoms with Crippen LogP contribution in [0.4, 0.5) is 0 Å². The van der Waals surface area contributed by atoms with Crippen LogP contribution in [0.2, 0.25) is 5.02 Å². The Morgan fingerprint density at radius 3 is 2.75 bits per heavy atom. The van der Waals surface area contributed by atoms with Gasteiger partial charge >= 0.3 is 0 Å². The number of hydrogen-bond donors (Lipinski definition) is 0. The molecule has 20 heavy (non-hydrogen) atoms. The number of benzene rings is 1. The molecule has 2 rings (SSSR count). The second-order valence-electron chi connectivity index (χ2n) is 4.12. The van der Waals surface area contributed by atoms with Crippen molar-refractivity contribution in [3.05, 3.63) is 52.8 Å². The number of methoxy groups -OCH3 is 1. The van der Waals surface area contributed by atoms with Gasteiger partial charge in [0.05, 0.1) is 29.5 Å². The summed E-state index contributed by atoms with van der Waals surface area (Å²) in [6.07, 6.45) is 1.42. The normalized spacial score (nSPS) is 11.5. The highest BCUT2D eigenvalue weighted by atomic mass is 35.5. The first kappa shape index (κ1) is 14.2. The second-order valence-corrected chi connectivity index (χ2v) is 4.52. The predicted molar refractivity (Wildman–Crippen MR) is 76.0 cm³/mol. The van der Waals surface area contributed by atoms with Crippen LogP contribution in [0.5, 0.6) is 11.5 Å². The number of nitriles is 1. The van der Waals surface area contributed by atoms with Gasteiger partial charge in [-0.15, -0.1) is 0 Å². The quantitative estimate of drug-likeness (QED) is 0.859. The molecule has 1 aromatic heterocycles. The molecule has 0 bridgehead atoms. The molecule has 0 aliphatic rings. The lowest BCUT2D eigenvalue weighted by Gasteiger charge is -2.17. The van der Waals surface area contributed by atoms with Crippen molar-refractivity contribution in [2.45, 2.75) is 13.0 Å². The van der Waals surface area contributed by atoms with Crippen molar-refractivity contribution in [1.82, 2.24) is 4.98 Å². The Morgan fingerprint density at radius 2 is 2.15 bits per heavy atom. The molecule has 1 unspecified atom stereocenters. The second kappa shape index (κ2) is 6.27. The monoisotopic (exact) mass is 288 g/mol. The molecule has 1 atom stereocenters. The van der Waals surface area contributed by atoms with Gasteiger partial charge in [-0.25, -0.2) is 0 Å². The fraction of sp³-hybridized carbons (Fsp3) is 0.200. The van der Waals surface area contributed by atoms with Gasteiger partial charge in [-0.3, -0.25) is 4.98 Å². The minimum absolute atomic E-state index is 0.282. The van der Waals surface area contributed by atoms with E-state index in [1.807, 2.05) is 31.2 Å². The van der Waals surface area contributed by atoms with Gasteiger partial charge in [0.1, 0.15) is 6.10 Å². The lowest BCUT2D eigenvalue weighted by Crippen LogP contribution is -2.06. The van der Waals surface area contributed by atoms with Gasteiger partial charge < -0.3 is 9.47 Å². The van der Waals surface area contributed by atoms with Crippen molar-refractivity contribution in [3.63, 3.8) is 0 Å². The lowest BCUT2D eigenvalue weighted by molar-refractivity contribution is 0.211. The molecule has 0 amide bonds. The van der Waals surface area contributed by atoms with Gasteiger partial charge in [-0.05, 0) is 25.1 Å². The molecule has 0 aliphatic heterocycles. The third-order valence-corrected chi connectivity index (χ3v) is 3.04. The van der Waals surface area contributed by atoms with Crippen LogP contribution in [-0.4, -0.2) is 12.1 Å². The summed E-state index contributed by atoms with van der Waals surface area (Å²) in [5, 5.41) is 9.25. The number of aromatic nitrogens is 1. The molecule has 2 aromatic rings. The van der Waals surface area contributed by atoms with Crippen molar-refractivity contribution in [2.75, 3.05) is 7.11 Å². The average molecular weight is 289 g/mol. The summed E-state index contributed by atoms with van der Waals surface area (Å²) in [6, 6.07) is 10.8. The highest BCUT2D eigenvalue weighted by molar-refractivity contribution is 6.32.